The minimum atomic E-state index is -3.53. The van der Waals surface area contributed by atoms with Crippen LogP contribution in [0.3, 0.4) is 0 Å². The maximum atomic E-state index is 11.9. The van der Waals surface area contributed by atoms with Crippen molar-refractivity contribution in [1.29, 1.82) is 0 Å². The highest BCUT2D eigenvalue weighted by molar-refractivity contribution is 7.90. The van der Waals surface area contributed by atoms with Gasteiger partial charge in [0.05, 0.1) is 5.69 Å². The molecule has 0 fully saturated rings. The first-order valence-electron chi connectivity index (χ1n) is 5.94. The van der Waals surface area contributed by atoms with Crippen LogP contribution in [-0.4, -0.2) is 20.5 Å². The SMILES string of the molecule is CC(C)(C)NS(=O)(=O)Nc1ccc2c(c1)CCN2. The van der Waals surface area contributed by atoms with Gasteiger partial charge in [-0.25, -0.2) is 0 Å². The van der Waals surface area contributed by atoms with Gasteiger partial charge in [-0.2, -0.15) is 13.1 Å². The van der Waals surface area contributed by atoms with Crippen molar-refractivity contribution in [2.24, 2.45) is 0 Å². The second-order valence-electron chi connectivity index (χ2n) is 5.51. The van der Waals surface area contributed by atoms with Gasteiger partial charge in [0, 0.05) is 17.8 Å². The fourth-order valence-electron chi connectivity index (χ4n) is 1.95. The summed E-state index contributed by atoms with van der Waals surface area (Å²) in [4.78, 5) is 0. The Morgan fingerprint density at radius 3 is 2.67 bits per heavy atom. The lowest BCUT2D eigenvalue weighted by atomic mass is 10.1. The van der Waals surface area contributed by atoms with Gasteiger partial charge in [0.1, 0.15) is 0 Å². The minimum absolute atomic E-state index is 0.496. The number of fused-ring (bicyclic) bond motifs is 1. The molecule has 2 rings (SSSR count). The molecule has 1 aliphatic heterocycles. The third-order valence-electron chi connectivity index (χ3n) is 2.51. The van der Waals surface area contributed by atoms with Crippen molar-refractivity contribution in [1.82, 2.24) is 4.72 Å². The molecule has 1 aromatic rings. The number of anilines is 2. The number of nitrogens with one attached hydrogen (secondary N) is 3. The third-order valence-corrected chi connectivity index (χ3v) is 3.89. The van der Waals surface area contributed by atoms with Crippen molar-refractivity contribution >= 4 is 21.6 Å². The van der Waals surface area contributed by atoms with Crippen molar-refractivity contribution in [2.75, 3.05) is 16.6 Å². The first-order chi connectivity index (χ1) is 8.25. The third kappa shape index (κ3) is 3.36. The number of benzene rings is 1. The molecular formula is C12H19N3O2S. The first-order valence-corrected chi connectivity index (χ1v) is 7.42. The van der Waals surface area contributed by atoms with E-state index in [2.05, 4.69) is 14.8 Å². The summed E-state index contributed by atoms with van der Waals surface area (Å²) in [5.74, 6) is 0. The van der Waals surface area contributed by atoms with Gasteiger partial charge in [0.25, 0.3) is 10.2 Å². The molecule has 1 aliphatic rings. The van der Waals surface area contributed by atoms with Gasteiger partial charge in [0.2, 0.25) is 0 Å². The summed E-state index contributed by atoms with van der Waals surface area (Å²) < 4.78 is 28.9. The Labute approximate surface area is 108 Å². The summed E-state index contributed by atoms with van der Waals surface area (Å²) in [6.45, 7) is 6.32. The summed E-state index contributed by atoms with van der Waals surface area (Å²) in [6.07, 6.45) is 0.928. The summed E-state index contributed by atoms with van der Waals surface area (Å²) in [6, 6.07) is 5.54. The highest BCUT2D eigenvalue weighted by Crippen LogP contribution is 2.25. The summed E-state index contributed by atoms with van der Waals surface area (Å²) >= 11 is 0. The van der Waals surface area contributed by atoms with Crippen LogP contribution in [0.15, 0.2) is 18.2 Å². The highest BCUT2D eigenvalue weighted by atomic mass is 32.2. The van der Waals surface area contributed by atoms with Gasteiger partial charge in [-0.15, -0.1) is 0 Å². The van der Waals surface area contributed by atoms with E-state index in [1.165, 1.54) is 0 Å². The molecule has 0 unspecified atom stereocenters. The molecule has 0 spiro atoms. The van der Waals surface area contributed by atoms with Crippen molar-refractivity contribution in [3.8, 4) is 0 Å². The number of rotatable bonds is 3. The normalized spacial score (nSPS) is 15.1. The molecular weight excluding hydrogens is 250 g/mol. The smallest absolute Gasteiger partial charge is 0.299 e. The van der Waals surface area contributed by atoms with Crippen LogP contribution in [0.2, 0.25) is 0 Å². The van der Waals surface area contributed by atoms with E-state index in [-0.39, 0.29) is 0 Å². The van der Waals surface area contributed by atoms with E-state index in [9.17, 15) is 8.42 Å². The molecule has 1 aromatic carbocycles. The molecule has 0 saturated carbocycles. The van der Waals surface area contributed by atoms with E-state index < -0.39 is 15.7 Å². The van der Waals surface area contributed by atoms with E-state index in [1.807, 2.05) is 12.1 Å². The Balaban J connectivity index is 2.14. The predicted molar refractivity (Wildman–Crippen MR) is 74.1 cm³/mol. The Hall–Kier alpha value is -1.27. The fourth-order valence-corrected chi connectivity index (χ4v) is 3.25. The molecule has 0 atom stereocenters. The van der Waals surface area contributed by atoms with Crippen LogP contribution in [0.5, 0.6) is 0 Å². The second-order valence-corrected chi connectivity index (χ2v) is 6.92. The van der Waals surface area contributed by atoms with E-state index in [0.29, 0.717) is 5.69 Å². The molecule has 0 saturated heterocycles. The van der Waals surface area contributed by atoms with E-state index >= 15 is 0 Å². The average Bonchev–Trinajstić information content (AvgIpc) is 2.59. The fraction of sp³-hybridized carbons (Fsp3) is 0.500. The molecule has 0 amide bonds. The van der Waals surface area contributed by atoms with Crippen molar-refractivity contribution in [3.05, 3.63) is 23.8 Å². The zero-order valence-corrected chi connectivity index (χ0v) is 11.7. The van der Waals surface area contributed by atoms with Gasteiger partial charge in [-0.3, -0.25) is 4.72 Å². The molecule has 3 N–H and O–H groups in total. The first kappa shape index (κ1) is 13.2. The van der Waals surface area contributed by atoms with Gasteiger partial charge >= 0.3 is 0 Å². The predicted octanol–water partition coefficient (Wildman–Crippen LogP) is 1.70. The Bertz CT molecular complexity index is 547. The van der Waals surface area contributed by atoms with E-state index in [1.54, 1.807) is 26.8 Å². The second kappa shape index (κ2) is 4.44. The standard InChI is InChI=1S/C12H19N3O2S/c1-12(2,3)15-18(16,17)14-10-4-5-11-9(8-10)6-7-13-11/h4-5,8,13-15H,6-7H2,1-3H3. The molecule has 0 aromatic heterocycles. The average molecular weight is 269 g/mol. The molecule has 1 heterocycles. The lowest BCUT2D eigenvalue weighted by Gasteiger charge is -2.21. The van der Waals surface area contributed by atoms with Crippen LogP contribution in [0, 0.1) is 0 Å². The van der Waals surface area contributed by atoms with Crippen molar-refractivity contribution in [2.45, 2.75) is 32.7 Å². The summed E-state index contributed by atoms with van der Waals surface area (Å²) in [5.41, 5.74) is 2.33. The Morgan fingerprint density at radius 1 is 1.28 bits per heavy atom. The Morgan fingerprint density at radius 2 is 2.00 bits per heavy atom. The highest BCUT2D eigenvalue weighted by Gasteiger charge is 2.20. The topological polar surface area (TPSA) is 70.2 Å². The van der Waals surface area contributed by atoms with Gasteiger partial charge in [-0.1, -0.05) is 0 Å². The quantitative estimate of drug-likeness (QED) is 0.782. The zero-order chi connectivity index (χ0) is 13.4. The number of hydrogen-bond acceptors (Lipinski definition) is 3. The van der Waals surface area contributed by atoms with Gasteiger partial charge < -0.3 is 5.32 Å². The summed E-state index contributed by atoms with van der Waals surface area (Å²) in [7, 11) is -3.53. The summed E-state index contributed by atoms with van der Waals surface area (Å²) in [5, 5.41) is 3.24. The maximum Gasteiger partial charge on any atom is 0.299 e. The van der Waals surface area contributed by atoms with E-state index in [0.717, 1.165) is 24.2 Å². The lowest BCUT2D eigenvalue weighted by Crippen LogP contribution is -2.43. The van der Waals surface area contributed by atoms with Crippen molar-refractivity contribution < 1.29 is 8.42 Å². The molecule has 0 aliphatic carbocycles. The van der Waals surface area contributed by atoms with Crippen LogP contribution in [0.4, 0.5) is 11.4 Å². The van der Waals surface area contributed by atoms with Crippen LogP contribution in [-0.2, 0) is 16.6 Å². The monoisotopic (exact) mass is 269 g/mol. The zero-order valence-electron chi connectivity index (χ0n) is 10.9. The van der Waals surface area contributed by atoms with Gasteiger partial charge in [0.15, 0.2) is 0 Å². The van der Waals surface area contributed by atoms with E-state index in [4.69, 9.17) is 0 Å². The lowest BCUT2D eigenvalue weighted by molar-refractivity contribution is 0.494. The van der Waals surface area contributed by atoms with Gasteiger partial charge in [-0.05, 0) is 51.0 Å². The molecule has 100 valence electrons. The maximum absolute atomic E-state index is 11.9. The molecule has 18 heavy (non-hydrogen) atoms. The van der Waals surface area contributed by atoms with Crippen LogP contribution in [0.25, 0.3) is 0 Å². The molecule has 6 heteroatoms. The largest absolute Gasteiger partial charge is 0.384 e. The molecule has 0 radical (unpaired) electrons. The minimum Gasteiger partial charge on any atom is -0.384 e. The van der Waals surface area contributed by atoms with Crippen LogP contribution >= 0.6 is 0 Å². The van der Waals surface area contributed by atoms with Crippen LogP contribution < -0.4 is 14.8 Å². The van der Waals surface area contributed by atoms with Crippen LogP contribution in [0.1, 0.15) is 26.3 Å². The Kier molecular flexibility index (Phi) is 3.25. The molecule has 5 nitrogen and oxygen atoms in total. The number of hydrogen-bond donors (Lipinski definition) is 3. The molecule has 0 bridgehead atoms. The van der Waals surface area contributed by atoms with Crippen molar-refractivity contribution in [3.63, 3.8) is 0 Å².